The number of benzene rings is 1. The first kappa shape index (κ1) is 10.9. The van der Waals surface area contributed by atoms with Gasteiger partial charge in [0, 0.05) is 6.42 Å². The summed E-state index contributed by atoms with van der Waals surface area (Å²) in [5.74, 6) is 0.847. The molecule has 3 heteroatoms. The molecule has 0 fully saturated rings. The maximum Gasteiger partial charge on any atom is 0.124 e. The molecule has 1 aromatic carbocycles. The first-order valence-corrected chi connectivity index (χ1v) is 4.95. The summed E-state index contributed by atoms with van der Waals surface area (Å²) in [4.78, 5) is 0. The Kier molecular flexibility index (Phi) is 4.28. The third kappa shape index (κ3) is 3.27. The summed E-state index contributed by atoms with van der Waals surface area (Å²) in [5, 5.41) is 8.08. The topological polar surface area (TPSA) is 33.0 Å². The van der Waals surface area contributed by atoms with Crippen molar-refractivity contribution in [1.82, 2.24) is 0 Å². The molecule has 0 N–H and O–H groups in total. The molecular formula is C11H12ClNO. The number of ether oxygens (including phenoxy) is 1. The van der Waals surface area contributed by atoms with Crippen molar-refractivity contribution in [2.75, 3.05) is 6.61 Å². The molecule has 14 heavy (non-hydrogen) atoms. The van der Waals surface area contributed by atoms with Crippen LogP contribution < -0.4 is 4.74 Å². The molecule has 0 aromatic heterocycles. The normalized spacial score (nSPS) is 11.8. The SMILES string of the molecule is CCOc1ccc(CC(Cl)C#N)cc1. The summed E-state index contributed by atoms with van der Waals surface area (Å²) in [6, 6.07) is 9.62. The van der Waals surface area contributed by atoms with Crippen molar-refractivity contribution in [2.24, 2.45) is 0 Å². The van der Waals surface area contributed by atoms with E-state index in [1.165, 1.54) is 0 Å². The van der Waals surface area contributed by atoms with Gasteiger partial charge in [-0.1, -0.05) is 12.1 Å². The van der Waals surface area contributed by atoms with Crippen LogP contribution in [0.4, 0.5) is 0 Å². The molecule has 1 atom stereocenters. The summed E-state index contributed by atoms with van der Waals surface area (Å²) in [7, 11) is 0. The van der Waals surface area contributed by atoms with Gasteiger partial charge >= 0.3 is 0 Å². The Balaban J connectivity index is 2.60. The van der Waals surface area contributed by atoms with Crippen LogP contribution in [0.2, 0.25) is 0 Å². The lowest BCUT2D eigenvalue weighted by molar-refractivity contribution is 0.340. The largest absolute Gasteiger partial charge is 0.494 e. The lowest BCUT2D eigenvalue weighted by Gasteiger charge is -2.04. The lowest BCUT2D eigenvalue weighted by Crippen LogP contribution is -1.99. The van der Waals surface area contributed by atoms with E-state index < -0.39 is 5.38 Å². The highest BCUT2D eigenvalue weighted by atomic mass is 35.5. The highest BCUT2D eigenvalue weighted by Gasteiger charge is 2.03. The van der Waals surface area contributed by atoms with Crippen LogP contribution in [-0.4, -0.2) is 12.0 Å². The van der Waals surface area contributed by atoms with Crippen molar-refractivity contribution in [2.45, 2.75) is 18.7 Å². The third-order valence-electron chi connectivity index (χ3n) is 1.79. The van der Waals surface area contributed by atoms with Crippen LogP contribution in [0.15, 0.2) is 24.3 Å². The molecule has 0 radical (unpaired) electrons. The molecule has 0 aliphatic rings. The smallest absolute Gasteiger partial charge is 0.124 e. The van der Waals surface area contributed by atoms with E-state index in [0.717, 1.165) is 11.3 Å². The quantitative estimate of drug-likeness (QED) is 0.715. The molecule has 0 amide bonds. The van der Waals surface area contributed by atoms with Crippen LogP contribution in [0.3, 0.4) is 0 Å². The first-order chi connectivity index (χ1) is 6.76. The second-order valence-corrected chi connectivity index (χ2v) is 3.40. The van der Waals surface area contributed by atoms with Crippen LogP contribution >= 0.6 is 11.6 Å². The van der Waals surface area contributed by atoms with E-state index >= 15 is 0 Å². The molecule has 0 bridgehead atoms. The first-order valence-electron chi connectivity index (χ1n) is 4.51. The van der Waals surface area contributed by atoms with E-state index in [4.69, 9.17) is 21.6 Å². The molecule has 0 aliphatic heterocycles. The highest BCUT2D eigenvalue weighted by Crippen LogP contribution is 2.14. The molecule has 0 saturated carbocycles. The van der Waals surface area contributed by atoms with Crippen LogP contribution in [0.25, 0.3) is 0 Å². The van der Waals surface area contributed by atoms with Gasteiger partial charge in [-0.3, -0.25) is 0 Å². The van der Waals surface area contributed by atoms with Gasteiger partial charge in [-0.15, -0.1) is 11.6 Å². The fourth-order valence-electron chi connectivity index (χ4n) is 1.14. The predicted octanol–water partition coefficient (Wildman–Crippen LogP) is 2.76. The number of nitrogens with zero attached hydrogens (tertiary/aromatic N) is 1. The molecule has 0 heterocycles. The summed E-state index contributed by atoms with van der Waals surface area (Å²) in [6.07, 6.45) is 0.574. The molecule has 74 valence electrons. The standard InChI is InChI=1S/C11H12ClNO/c1-2-14-11-5-3-9(4-6-11)7-10(12)8-13/h3-6,10H,2,7H2,1H3. The van der Waals surface area contributed by atoms with Crippen molar-refractivity contribution >= 4 is 11.6 Å². The molecule has 2 nitrogen and oxygen atoms in total. The van der Waals surface area contributed by atoms with Gasteiger partial charge in [0.15, 0.2) is 0 Å². The number of alkyl halides is 1. The highest BCUT2D eigenvalue weighted by molar-refractivity contribution is 6.22. The Bertz CT molecular complexity index is 315. The average Bonchev–Trinajstić information content (AvgIpc) is 2.21. The summed E-state index contributed by atoms with van der Waals surface area (Å²) < 4.78 is 5.29. The summed E-state index contributed by atoms with van der Waals surface area (Å²) in [5.41, 5.74) is 1.05. The van der Waals surface area contributed by atoms with Crippen LogP contribution in [-0.2, 0) is 6.42 Å². The van der Waals surface area contributed by atoms with Crippen molar-refractivity contribution in [3.8, 4) is 11.8 Å². The summed E-state index contributed by atoms with van der Waals surface area (Å²) >= 11 is 5.71. The maximum atomic E-state index is 8.53. The van der Waals surface area contributed by atoms with E-state index in [1.807, 2.05) is 37.3 Å². The lowest BCUT2D eigenvalue weighted by atomic mass is 10.1. The minimum atomic E-state index is -0.451. The van der Waals surface area contributed by atoms with E-state index in [9.17, 15) is 0 Å². The van der Waals surface area contributed by atoms with Gasteiger partial charge in [-0.2, -0.15) is 5.26 Å². The van der Waals surface area contributed by atoms with Gasteiger partial charge in [0.05, 0.1) is 12.7 Å². The number of rotatable bonds is 4. The van der Waals surface area contributed by atoms with E-state index in [0.29, 0.717) is 13.0 Å². The van der Waals surface area contributed by atoms with Crippen LogP contribution in [0, 0.1) is 11.3 Å². The zero-order valence-corrected chi connectivity index (χ0v) is 8.79. The minimum Gasteiger partial charge on any atom is -0.494 e. The molecule has 0 spiro atoms. The average molecular weight is 210 g/mol. The summed E-state index contributed by atoms with van der Waals surface area (Å²) in [6.45, 7) is 2.61. The second kappa shape index (κ2) is 5.51. The Hall–Kier alpha value is -1.20. The van der Waals surface area contributed by atoms with Gasteiger partial charge in [0.2, 0.25) is 0 Å². The number of halogens is 1. The predicted molar refractivity (Wildman–Crippen MR) is 56.6 cm³/mol. The molecule has 1 rings (SSSR count). The van der Waals surface area contributed by atoms with Crippen molar-refractivity contribution in [1.29, 1.82) is 5.26 Å². The molecule has 1 aromatic rings. The minimum absolute atomic E-state index is 0.451. The number of hydrogen-bond acceptors (Lipinski definition) is 2. The number of nitriles is 1. The fourth-order valence-corrected chi connectivity index (χ4v) is 1.32. The van der Waals surface area contributed by atoms with Gasteiger partial charge in [0.1, 0.15) is 11.1 Å². The maximum absolute atomic E-state index is 8.53. The Morgan fingerprint density at radius 1 is 1.43 bits per heavy atom. The second-order valence-electron chi connectivity index (χ2n) is 2.88. The van der Waals surface area contributed by atoms with Gasteiger partial charge in [-0.05, 0) is 24.6 Å². The zero-order valence-electron chi connectivity index (χ0n) is 8.03. The zero-order chi connectivity index (χ0) is 10.4. The van der Waals surface area contributed by atoms with Crippen molar-refractivity contribution in [3.05, 3.63) is 29.8 Å². The van der Waals surface area contributed by atoms with Gasteiger partial charge in [0.25, 0.3) is 0 Å². The van der Waals surface area contributed by atoms with Crippen LogP contribution in [0.5, 0.6) is 5.75 Å². The van der Waals surface area contributed by atoms with Gasteiger partial charge in [-0.25, -0.2) is 0 Å². The van der Waals surface area contributed by atoms with Crippen molar-refractivity contribution in [3.63, 3.8) is 0 Å². The Morgan fingerprint density at radius 2 is 2.07 bits per heavy atom. The Labute approximate surface area is 89.1 Å². The van der Waals surface area contributed by atoms with E-state index in [1.54, 1.807) is 0 Å². The molecule has 0 saturated heterocycles. The molecule has 0 aliphatic carbocycles. The molecular weight excluding hydrogens is 198 g/mol. The monoisotopic (exact) mass is 209 g/mol. The van der Waals surface area contributed by atoms with Crippen LogP contribution in [0.1, 0.15) is 12.5 Å². The van der Waals surface area contributed by atoms with Crippen molar-refractivity contribution < 1.29 is 4.74 Å². The number of hydrogen-bond donors (Lipinski definition) is 0. The third-order valence-corrected chi connectivity index (χ3v) is 2.04. The van der Waals surface area contributed by atoms with Gasteiger partial charge < -0.3 is 4.74 Å². The molecule has 1 unspecified atom stereocenters. The fraction of sp³-hybridized carbons (Fsp3) is 0.364. The van der Waals surface area contributed by atoms with E-state index in [2.05, 4.69) is 0 Å². The van der Waals surface area contributed by atoms with E-state index in [-0.39, 0.29) is 0 Å². The Morgan fingerprint density at radius 3 is 2.57 bits per heavy atom.